The van der Waals surface area contributed by atoms with Crippen LogP contribution in [0, 0.1) is 0 Å². The Hall–Kier alpha value is -2.22. The molecule has 0 aromatic carbocycles. The molecule has 1 amide bonds. The van der Waals surface area contributed by atoms with Crippen molar-refractivity contribution in [3.63, 3.8) is 0 Å². The zero-order chi connectivity index (χ0) is 15.1. The van der Waals surface area contributed by atoms with Gasteiger partial charge in [-0.25, -0.2) is 9.48 Å². The summed E-state index contributed by atoms with van der Waals surface area (Å²) in [5.74, 6) is -1.94. The number of carboxylic acid groups (broad SMARTS) is 1. The minimum Gasteiger partial charge on any atom is -0.480 e. The zero-order valence-corrected chi connectivity index (χ0v) is 11.1. The van der Waals surface area contributed by atoms with Crippen LogP contribution in [0.25, 0.3) is 0 Å². The van der Waals surface area contributed by atoms with Crippen LogP contribution >= 0.6 is 0 Å². The predicted molar refractivity (Wildman–Crippen MR) is 69.4 cm³/mol. The lowest BCUT2D eigenvalue weighted by Gasteiger charge is -2.13. The van der Waals surface area contributed by atoms with Crippen LogP contribution in [0.1, 0.15) is 30.3 Å². The maximum atomic E-state index is 11.9. The highest BCUT2D eigenvalue weighted by atomic mass is 16.4. The minimum absolute atomic E-state index is 0.0396. The fourth-order valence-corrected chi connectivity index (χ4v) is 1.56. The molecular formula is C12H17N3O5. The molecule has 20 heavy (non-hydrogen) atoms. The first-order valence-corrected chi connectivity index (χ1v) is 6.22. The molecule has 0 aliphatic heterocycles. The number of carbonyl (C=O) groups is 2. The van der Waals surface area contributed by atoms with Crippen LogP contribution in [0.2, 0.25) is 0 Å². The molecule has 0 spiro atoms. The molecule has 8 nitrogen and oxygen atoms in total. The highest BCUT2D eigenvalue weighted by Gasteiger charge is 2.21. The summed E-state index contributed by atoms with van der Waals surface area (Å²) in [7, 11) is 0. The van der Waals surface area contributed by atoms with E-state index in [1.807, 2.05) is 6.92 Å². The second kappa shape index (κ2) is 7.39. The number of amides is 1. The predicted octanol–water partition coefficient (Wildman–Crippen LogP) is -0.781. The summed E-state index contributed by atoms with van der Waals surface area (Å²) in [6, 6.07) is 1.25. The second-order valence-corrected chi connectivity index (χ2v) is 4.16. The van der Waals surface area contributed by atoms with Crippen LogP contribution in [0.4, 0.5) is 0 Å². The highest BCUT2D eigenvalue weighted by molar-refractivity contribution is 5.94. The van der Waals surface area contributed by atoms with Gasteiger partial charge in [-0.05, 0) is 12.5 Å². The number of nitrogens with zero attached hydrogens (tertiary/aromatic N) is 2. The van der Waals surface area contributed by atoms with Gasteiger partial charge in [0, 0.05) is 25.6 Å². The SMILES string of the molecule is CCCn1nc(C(=O)NC(CCO)C(=O)O)ccc1=O. The Morgan fingerprint density at radius 1 is 1.45 bits per heavy atom. The van der Waals surface area contributed by atoms with Gasteiger partial charge in [-0.15, -0.1) is 0 Å². The summed E-state index contributed by atoms with van der Waals surface area (Å²) in [6.07, 6.45) is 0.579. The third-order valence-electron chi connectivity index (χ3n) is 2.56. The van der Waals surface area contributed by atoms with Crippen molar-refractivity contribution in [2.24, 2.45) is 0 Å². The van der Waals surface area contributed by atoms with Crippen LogP contribution in [0.15, 0.2) is 16.9 Å². The van der Waals surface area contributed by atoms with Gasteiger partial charge >= 0.3 is 5.97 Å². The molecule has 0 saturated carbocycles. The van der Waals surface area contributed by atoms with E-state index in [9.17, 15) is 14.4 Å². The first-order valence-electron chi connectivity index (χ1n) is 6.22. The highest BCUT2D eigenvalue weighted by Crippen LogP contribution is 1.97. The van der Waals surface area contributed by atoms with E-state index in [0.29, 0.717) is 13.0 Å². The molecular weight excluding hydrogens is 266 g/mol. The number of carbonyl (C=O) groups excluding carboxylic acids is 1. The van der Waals surface area contributed by atoms with Crippen molar-refractivity contribution in [3.8, 4) is 0 Å². The fourth-order valence-electron chi connectivity index (χ4n) is 1.56. The van der Waals surface area contributed by atoms with E-state index in [4.69, 9.17) is 10.2 Å². The Labute approximate surface area is 115 Å². The number of hydrogen-bond acceptors (Lipinski definition) is 5. The van der Waals surface area contributed by atoms with Gasteiger partial charge in [0.2, 0.25) is 0 Å². The zero-order valence-electron chi connectivity index (χ0n) is 11.1. The summed E-state index contributed by atoms with van der Waals surface area (Å²) < 4.78 is 1.15. The molecule has 1 unspecified atom stereocenters. The lowest BCUT2D eigenvalue weighted by Crippen LogP contribution is -2.42. The molecule has 1 heterocycles. The van der Waals surface area contributed by atoms with Crippen LogP contribution < -0.4 is 10.9 Å². The molecule has 110 valence electrons. The van der Waals surface area contributed by atoms with Gasteiger partial charge in [0.15, 0.2) is 0 Å². The van der Waals surface area contributed by atoms with Gasteiger partial charge in [0.05, 0.1) is 0 Å². The Morgan fingerprint density at radius 2 is 2.15 bits per heavy atom. The smallest absolute Gasteiger partial charge is 0.326 e. The molecule has 0 bridgehead atoms. The van der Waals surface area contributed by atoms with Crippen LogP contribution in [-0.4, -0.2) is 44.5 Å². The van der Waals surface area contributed by atoms with E-state index in [1.165, 1.54) is 12.1 Å². The van der Waals surface area contributed by atoms with Gasteiger partial charge < -0.3 is 15.5 Å². The Bertz CT molecular complexity index is 540. The summed E-state index contributed by atoms with van der Waals surface area (Å²) >= 11 is 0. The molecule has 1 aromatic rings. The van der Waals surface area contributed by atoms with Crippen LogP contribution in [0.5, 0.6) is 0 Å². The molecule has 0 saturated heterocycles. The number of aromatic nitrogens is 2. The molecule has 0 radical (unpaired) electrons. The number of nitrogens with one attached hydrogen (secondary N) is 1. The molecule has 0 fully saturated rings. The minimum atomic E-state index is -1.24. The molecule has 3 N–H and O–H groups in total. The van der Waals surface area contributed by atoms with E-state index < -0.39 is 17.9 Å². The van der Waals surface area contributed by atoms with E-state index in [0.717, 1.165) is 4.68 Å². The average Bonchev–Trinajstić information content (AvgIpc) is 2.40. The Balaban J connectivity index is 2.88. The summed E-state index contributed by atoms with van der Waals surface area (Å²) in [6.45, 7) is 1.88. The van der Waals surface area contributed by atoms with E-state index in [1.54, 1.807) is 0 Å². The van der Waals surface area contributed by atoms with Gasteiger partial charge in [-0.2, -0.15) is 5.10 Å². The van der Waals surface area contributed by atoms with E-state index >= 15 is 0 Å². The van der Waals surface area contributed by atoms with Crippen molar-refractivity contribution in [1.29, 1.82) is 0 Å². The van der Waals surface area contributed by atoms with Crippen molar-refractivity contribution in [3.05, 3.63) is 28.2 Å². The largest absolute Gasteiger partial charge is 0.480 e. The number of aliphatic hydroxyl groups excluding tert-OH is 1. The number of aliphatic hydroxyl groups is 1. The molecule has 1 aromatic heterocycles. The third-order valence-corrected chi connectivity index (χ3v) is 2.56. The molecule has 8 heteroatoms. The molecule has 0 aliphatic carbocycles. The lowest BCUT2D eigenvalue weighted by atomic mass is 10.2. The lowest BCUT2D eigenvalue weighted by molar-refractivity contribution is -0.139. The Kier molecular flexibility index (Phi) is 5.85. The maximum absolute atomic E-state index is 11.9. The standard InChI is InChI=1S/C12H17N3O5/c1-2-6-15-10(17)4-3-8(14-15)11(18)13-9(5-7-16)12(19)20/h3-4,9,16H,2,5-7H2,1H3,(H,13,18)(H,19,20). The molecule has 1 atom stereocenters. The number of aliphatic carboxylic acids is 1. The second-order valence-electron chi connectivity index (χ2n) is 4.16. The van der Waals surface area contributed by atoms with Crippen molar-refractivity contribution in [1.82, 2.24) is 15.1 Å². The monoisotopic (exact) mass is 283 g/mol. The van der Waals surface area contributed by atoms with Crippen molar-refractivity contribution in [2.75, 3.05) is 6.61 Å². The van der Waals surface area contributed by atoms with Crippen molar-refractivity contribution in [2.45, 2.75) is 32.4 Å². The first-order chi connectivity index (χ1) is 9.49. The summed E-state index contributed by atoms with van der Waals surface area (Å²) in [5, 5.41) is 23.7. The molecule has 0 aliphatic rings. The number of hydrogen-bond donors (Lipinski definition) is 3. The van der Waals surface area contributed by atoms with Crippen molar-refractivity contribution >= 4 is 11.9 Å². The van der Waals surface area contributed by atoms with Gasteiger partial charge in [0.25, 0.3) is 11.5 Å². The number of aryl methyl sites for hydroxylation is 1. The Morgan fingerprint density at radius 3 is 2.70 bits per heavy atom. The average molecular weight is 283 g/mol. The third kappa shape index (κ3) is 4.16. The number of rotatable bonds is 7. The fraction of sp³-hybridized carbons (Fsp3) is 0.500. The summed E-state index contributed by atoms with van der Waals surface area (Å²) in [4.78, 5) is 34.2. The van der Waals surface area contributed by atoms with E-state index in [2.05, 4.69) is 10.4 Å². The normalized spacial score (nSPS) is 11.9. The van der Waals surface area contributed by atoms with Gasteiger partial charge in [0.1, 0.15) is 11.7 Å². The van der Waals surface area contributed by atoms with Gasteiger partial charge in [-0.1, -0.05) is 6.92 Å². The van der Waals surface area contributed by atoms with Crippen molar-refractivity contribution < 1.29 is 19.8 Å². The van der Waals surface area contributed by atoms with Gasteiger partial charge in [-0.3, -0.25) is 9.59 Å². The number of carboxylic acids is 1. The summed E-state index contributed by atoms with van der Waals surface area (Å²) in [5.41, 5.74) is -0.365. The quantitative estimate of drug-likeness (QED) is 0.603. The maximum Gasteiger partial charge on any atom is 0.326 e. The topological polar surface area (TPSA) is 122 Å². The van der Waals surface area contributed by atoms with Crippen LogP contribution in [0.3, 0.4) is 0 Å². The molecule has 1 rings (SSSR count). The van der Waals surface area contributed by atoms with Crippen LogP contribution in [-0.2, 0) is 11.3 Å². The van der Waals surface area contributed by atoms with E-state index in [-0.39, 0.29) is 24.3 Å². The first kappa shape index (κ1) is 15.8.